The molecule has 15 heavy (non-hydrogen) atoms. The predicted molar refractivity (Wildman–Crippen MR) is 51.2 cm³/mol. The largest absolute Gasteiger partial charge is 0.508 e. The van der Waals surface area contributed by atoms with Crippen LogP contribution in [0, 0.1) is 5.82 Å². The summed E-state index contributed by atoms with van der Waals surface area (Å²) in [6.07, 6.45) is 1.46. The van der Waals surface area contributed by atoms with Crippen LogP contribution in [-0.2, 0) is 10.2 Å². The molecule has 0 heterocycles. The van der Waals surface area contributed by atoms with E-state index in [1.807, 2.05) is 0 Å². The van der Waals surface area contributed by atoms with E-state index in [2.05, 4.69) is 0 Å². The Morgan fingerprint density at radius 2 is 2.13 bits per heavy atom. The molecule has 0 aliphatic heterocycles. The number of phenols is 1. The third-order valence-corrected chi connectivity index (χ3v) is 2.87. The lowest BCUT2D eigenvalue weighted by Gasteiger charge is -2.14. The Hall–Kier alpha value is -1.58. The normalized spacial score (nSPS) is 17.4. The van der Waals surface area contributed by atoms with E-state index in [9.17, 15) is 14.3 Å². The molecule has 1 aliphatic carbocycles. The number of phenolic OH excluding ortho intramolecular Hbond substituents is 1. The number of aliphatic carboxylic acids is 1. The van der Waals surface area contributed by atoms with Gasteiger partial charge in [-0.3, -0.25) is 4.79 Å². The maximum absolute atomic E-state index is 12.7. The van der Waals surface area contributed by atoms with Gasteiger partial charge in [0.15, 0.2) is 0 Å². The summed E-state index contributed by atoms with van der Waals surface area (Å²) in [4.78, 5) is 10.7. The van der Waals surface area contributed by atoms with Gasteiger partial charge in [-0.25, -0.2) is 4.39 Å². The third-order valence-electron chi connectivity index (χ3n) is 2.87. The molecule has 1 aliphatic rings. The zero-order valence-electron chi connectivity index (χ0n) is 8.03. The molecule has 0 radical (unpaired) electrons. The molecule has 1 aromatic rings. The molecule has 0 atom stereocenters. The van der Waals surface area contributed by atoms with E-state index in [-0.39, 0.29) is 12.2 Å². The van der Waals surface area contributed by atoms with Gasteiger partial charge in [0.25, 0.3) is 0 Å². The van der Waals surface area contributed by atoms with Crippen molar-refractivity contribution >= 4 is 5.97 Å². The van der Waals surface area contributed by atoms with Gasteiger partial charge in [0, 0.05) is 17.0 Å². The van der Waals surface area contributed by atoms with E-state index in [0.717, 1.165) is 18.9 Å². The summed E-state index contributed by atoms with van der Waals surface area (Å²) >= 11 is 0. The highest BCUT2D eigenvalue weighted by Crippen LogP contribution is 2.53. The minimum absolute atomic E-state index is 0.00775. The Kier molecular flexibility index (Phi) is 2.14. The van der Waals surface area contributed by atoms with Crippen molar-refractivity contribution in [1.82, 2.24) is 0 Å². The molecule has 80 valence electrons. The van der Waals surface area contributed by atoms with Gasteiger partial charge in [0.05, 0.1) is 6.42 Å². The average Bonchev–Trinajstić information content (AvgIpc) is 2.83. The van der Waals surface area contributed by atoms with Gasteiger partial charge in [-0.1, -0.05) is 6.07 Å². The molecule has 2 N–H and O–H groups in total. The first-order valence-electron chi connectivity index (χ1n) is 4.74. The van der Waals surface area contributed by atoms with Crippen LogP contribution in [0.25, 0.3) is 0 Å². The minimum atomic E-state index is -0.892. The van der Waals surface area contributed by atoms with E-state index in [1.54, 1.807) is 0 Å². The molecule has 1 fully saturated rings. The number of carbonyl (C=O) groups is 1. The van der Waals surface area contributed by atoms with Crippen LogP contribution in [0.2, 0.25) is 0 Å². The van der Waals surface area contributed by atoms with Gasteiger partial charge in [0.1, 0.15) is 11.6 Å². The van der Waals surface area contributed by atoms with Gasteiger partial charge in [-0.2, -0.15) is 0 Å². The van der Waals surface area contributed by atoms with Gasteiger partial charge in [-0.15, -0.1) is 0 Å². The van der Waals surface area contributed by atoms with Crippen LogP contribution in [0.5, 0.6) is 5.75 Å². The zero-order valence-corrected chi connectivity index (χ0v) is 8.03. The minimum Gasteiger partial charge on any atom is -0.508 e. The van der Waals surface area contributed by atoms with E-state index in [4.69, 9.17) is 5.11 Å². The highest BCUT2D eigenvalue weighted by Gasteiger charge is 2.47. The van der Waals surface area contributed by atoms with E-state index < -0.39 is 17.2 Å². The Morgan fingerprint density at radius 1 is 1.47 bits per heavy atom. The number of aromatic hydroxyl groups is 1. The third kappa shape index (κ3) is 1.79. The highest BCUT2D eigenvalue weighted by molar-refractivity contribution is 5.70. The predicted octanol–water partition coefficient (Wildman–Crippen LogP) is 2.04. The fraction of sp³-hybridized carbons (Fsp3) is 0.364. The summed E-state index contributed by atoms with van der Waals surface area (Å²) in [6.45, 7) is 0. The quantitative estimate of drug-likeness (QED) is 0.802. The standard InChI is InChI=1S/C11H11FO3/c12-7-1-2-8(9(13)5-7)11(3-4-11)6-10(14)15/h1-2,5,13H,3-4,6H2,(H,14,15). The van der Waals surface area contributed by atoms with Crippen molar-refractivity contribution in [2.45, 2.75) is 24.7 Å². The number of carboxylic acids is 1. The topological polar surface area (TPSA) is 57.5 Å². The summed E-state index contributed by atoms with van der Waals surface area (Å²) in [5.41, 5.74) is 0.0789. The molecule has 0 bridgehead atoms. The van der Waals surface area contributed by atoms with Crippen LogP contribution in [0.4, 0.5) is 4.39 Å². The molecule has 1 aromatic carbocycles. The zero-order chi connectivity index (χ0) is 11.1. The number of halogens is 1. The second-order valence-corrected chi connectivity index (χ2v) is 4.01. The smallest absolute Gasteiger partial charge is 0.304 e. The van der Waals surface area contributed by atoms with Gasteiger partial charge >= 0.3 is 5.97 Å². The number of benzene rings is 1. The lowest BCUT2D eigenvalue weighted by Crippen LogP contribution is -2.13. The molecule has 0 unspecified atom stereocenters. The first-order chi connectivity index (χ1) is 7.03. The number of rotatable bonds is 3. The van der Waals surface area contributed by atoms with Crippen LogP contribution in [0.15, 0.2) is 18.2 Å². The second kappa shape index (κ2) is 3.22. The monoisotopic (exact) mass is 210 g/mol. The summed E-state index contributed by atoms with van der Waals surface area (Å²) in [7, 11) is 0. The highest BCUT2D eigenvalue weighted by atomic mass is 19.1. The maximum atomic E-state index is 12.7. The summed E-state index contributed by atoms with van der Waals surface area (Å²) in [5.74, 6) is -1.55. The van der Waals surface area contributed by atoms with E-state index in [0.29, 0.717) is 5.56 Å². The van der Waals surface area contributed by atoms with Crippen LogP contribution in [0.1, 0.15) is 24.8 Å². The van der Waals surface area contributed by atoms with Gasteiger partial charge < -0.3 is 10.2 Å². The van der Waals surface area contributed by atoms with Crippen molar-refractivity contribution in [1.29, 1.82) is 0 Å². The van der Waals surface area contributed by atoms with Gasteiger partial charge in [0.2, 0.25) is 0 Å². The van der Waals surface area contributed by atoms with Crippen molar-refractivity contribution in [3.05, 3.63) is 29.6 Å². The van der Waals surface area contributed by atoms with Crippen molar-refractivity contribution in [3.8, 4) is 5.75 Å². The number of hydrogen-bond acceptors (Lipinski definition) is 2. The lowest BCUT2D eigenvalue weighted by molar-refractivity contribution is -0.137. The SMILES string of the molecule is O=C(O)CC1(c2ccc(F)cc2O)CC1. The molecule has 1 saturated carbocycles. The fourth-order valence-electron chi connectivity index (χ4n) is 1.93. The molecule has 0 amide bonds. The van der Waals surface area contributed by atoms with E-state index in [1.165, 1.54) is 12.1 Å². The molecule has 0 aromatic heterocycles. The van der Waals surface area contributed by atoms with Crippen molar-refractivity contribution < 1.29 is 19.4 Å². The van der Waals surface area contributed by atoms with Crippen LogP contribution in [0.3, 0.4) is 0 Å². The summed E-state index contributed by atoms with van der Waals surface area (Å²) in [6, 6.07) is 3.74. The van der Waals surface area contributed by atoms with Crippen LogP contribution >= 0.6 is 0 Å². The molecule has 0 saturated heterocycles. The van der Waals surface area contributed by atoms with Gasteiger partial charge in [-0.05, 0) is 18.9 Å². The van der Waals surface area contributed by atoms with Crippen LogP contribution < -0.4 is 0 Å². The Labute approximate surface area is 86.2 Å². The lowest BCUT2D eigenvalue weighted by atomic mass is 9.91. The molecule has 2 rings (SSSR count). The van der Waals surface area contributed by atoms with E-state index >= 15 is 0 Å². The average molecular weight is 210 g/mol. The Morgan fingerprint density at radius 3 is 2.60 bits per heavy atom. The second-order valence-electron chi connectivity index (χ2n) is 4.01. The Balaban J connectivity index is 2.33. The first-order valence-corrected chi connectivity index (χ1v) is 4.74. The fourth-order valence-corrected chi connectivity index (χ4v) is 1.93. The molecular formula is C11H11FO3. The molecular weight excluding hydrogens is 199 g/mol. The van der Waals surface area contributed by atoms with Crippen molar-refractivity contribution in [3.63, 3.8) is 0 Å². The summed E-state index contributed by atoms with van der Waals surface area (Å²) < 4.78 is 12.7. The molecule has 0 spiro atoms. The maximum Gasteiger partial charge on any atom is 0.304 e. The Bertz CT molecular complexity index is 410. The van der Waals surface area contributed by atoms with Crippen LogP contribution in [-0.4, -0.2) is 16.2 Å². The van der Waals surface area contributed by atoms with Crippen molar-refractivity contribution in [2.75, 3.05) is 0 Å². The molecule has 4 heteroatoms. The summed E-state index contributed by atoms with van der Waals surface area (Å²) in [5, 5.41) is 18.3. The first kappa shape index (κ1) is 9.96. The van der Waals surface area contributed by atoms with Crippen molar-refractivity contribution in [2.24, 2.45) is 0 Å². The number of carboxylic acid groups (broad SMARTS) is 1. The molecule has 3 nitrogen and oxygen atoms in total. The number of hydrogen-bond donors (Lipinski definition) is 2.